The second kappa shape index (κ2) is 6.85. The van der Waals surface area contributed by atoms with Crippen LogP contribution >= 0.6 is 11.3 Å². The van der Waals surface area contributed by atoms with Crippen molar-refractivity contribution in [2.75, 3.05) is 6.54 Å². The van der Waals surface area contributed by atoms with Crippen molar-refractivity contribution < 1.29 is 5.11 Å². The average Bonchev–Trinajstić information content (AvgIpc) is 2.93. The number of aliphatic hydroxyl groups is 1. The zero-order chi connectivity index (χ0) is 13.7. The lowest BCUT2D eigenvalue weighted by Crippen LogP contribution is -2.25. The van der Waals surface area contributed by atoms with Gasteiger partial charge in [-0.3, -0.25) is 0 Å². The van der Waals surface area contributed by atoms with E-state index in [0.717, 1.165) is 12.8 Å². The largest absolute Gasteiger partial charge is 0.392 e. The fourth-order valence-electron chi connectivity index (χ4n) is 2.24. The first kappa shape index (κ1) is 14.3. The number of aliphatic hydroxyl groups excluding tert-OH is 1. The van der Waals surface area contributed by atoms with Crippen LogP contribution in [-0.4, -0.2) is 17.8 Å². The van der Waals surface area contributed by atoms with Crippen molar-refractivity contribution in [1.82, 2.24) is 0 Å². The molecule has 0 aliphatic rings. The SMILES string of the molecule is Cc1ccc(CCC(O)C(CN)c2cccs2)cc1. The Morgan fingerprint density at radius 3 is 2.53 bits per heavy atom. The van der Waals surface area contributed by atoms with Crippen molar-refractivity contribution in [3.05, 3.63) is 57.8 Å². The van der Waals surface area contributed by atoms with Crippen molar-refractivity contribution in [2.24, 2.45) is 5.73 Å². The van der Waals surface area contributed by atoms with Gasteiger partial charge in [-0.25, -0.2) is 0 Å². The van der Waals surface area contributed by atoms with E-state index in [1.807, 2.05) is 11.4 Å². The normalized spacial score (nSPS) is 14.3. The number of hydrogen-bond donors (Lipinski definition) is 2. The van der Waals surface area contributed by atoms with Crippen LogP contribution in [-0.2, 0) is 6.42 Å². The first-order valence-electron chi connectivity index (χ1n) is 6.68. The third-order valence-corrected chi connectivity index (χ3v) is 4.48. The number of nitrogens with two attached hydrogens (primary N) is 1. The Morgan fingerprint density at radius 1 is 1.21 bits per heavy atom. The molecule has 1 heterocycles. The lowest BCUT2D eigenvalue weighted by atomic mass is 9.95. The van der Waals surface area contributed by atoms with Gasteiger partial charge in [0.25, 0.3) is 0 Å². The van der Waals surface area contributed by atoms with Gasteiger partial charge in [-0.05, 0) is 36.8 Å². The summed E-state index contributed by atoms with van der Waals surface area (Å²) in [5.41, 5.74) is 8.34. The zero-order valence-electron chi connectivity index (χ0n) is 11.3. The Kier molecular flexibility index (Phi) is 5.14. The summed E-state index contributed by atoms with van der Waals surface area (Å²) in [6, 6.07) is 12.5. The van der Waals surface area contributed by atoms with Crippen molar-refractivity contribution in [2.45, 2.75) is 31.8 Å². The van der Waals surface area contributed by atoms with Gasteiger partial charge in [-0.1, -0.05) is 35.9 Å². The second-order valence-electron chi connectivity index (χ2n) is 4.95. The van der Waals surface area contributed by atoms with Gasteiger partial charge < -0.3 is 10.8 Å². The van der Waals surface area contributed by atoms with Crippen LogP contribution in [0.3, 0.4) is 0 Å². The number of rotatable bonds is 6. The van der Waals surface area contributed by atoms with Crippen molar-refractivity contribution in [1.29, 1.82) is 0 Å². The lowest BCUT2D eigenvalue weighted by Gasteiger charge is -2.20. The third kappa shape index (κ3) is 3.90. The van der Waals surface area contributed by atoms with Gasteiger partial charge in [0.15, 0.2) is 0 Å². The summed E-state index contributed by atoms with van der Waals surface area (Å²) in [5.74, 6) is 0.0606. The topological polar surface area (TPSA) is 46.2 Å². The zero-order valence-corrected chi connectivity index (χ0v) is 12.1. The van der Waals surface area contributed by atoms with Gasteiger partial charge in [-0.15, -0.1) is 11.3 Å². The molecule has 1 aromatic heterocycles. The van der Waals surface area contributed by atoms with Crippen LogP contribution in [0, 0.1) is 6.92 Å². The van der Waals surface area contributed by atoms with E-state index in [-0.39, 0.29) is 12.0 Å². The minimum absolute atomic E-state index is 0.0606. The molecule has 102 valence electrons. The molecule has 0 aliphatic heterocycles. The second-order valence-corrected chi connectivity index (χ2v) is 5.93. The number of aryl methyl sites for hydroxylation is 2. The van der Waals surface area contributed by atoms with Gasteiger partial charge in [0.05, 0.1) is 6.10 Å². The highest BCUT2D eigenvalue weighted by Gasteiger charge is 2.20. The Morgan fingerprint density at radius 2 is 1.95 bits per heavy atom. The minimum atomic E-state index is -0.370. The van der Waals surface area contributed by atoms with Gasteiger partial charge in [0.1, 0.15) is 0 Å². The van der Waals surface area contributed by atoms with Crippen LogP contribution < -0.4 is 5.73 Å². The maximum atomic E-state index is 10.3. The van der Waals surface area contributed by atoms with Crippen molar-refractivity contribution >= 4 is 11.3 Å². The molecule has 0 spiro atoms. The summed E-state index contributed by atoms with van der Waals surface area (Å²) < 4.78 is 0. The lowest BCUT2D eigenvalue weighted by molar-refractivity contribution is 0.137. The Labute approximate surface area is 118 Å². The van der Waals surface area contributed by atoms with Gasteiger partial charge >= 0.3 is 0 Å². The molecule has 19 heavy (non-hydrogen) atoms. The molecule has 0 radical (unpaired) electrons. The quantitative estimate of drug-likeness (QED) is 0.851. The van der Waals surface area contributed by atoms with Crippen LogP contribution in [0.2, 0.25) is 0 Å². The van der Waals surface area contributed by atoms with Crippen LogP contribution in [0.25, 0.3) is 0 Å². The molecule has 0 saturated carbocycles. The average molecular weight is 275 g/mol. The van der Waals surface area contributed by atoms with Gasteiger partial charge in [0, 0.05) is 17.3 Å². The van der Waals surface area contributed by atoms with Crippen LogP contribution in [0.4, 0.5) is 0 Å². The molecule has 2 rings (SSSR count). The summed E-state index contributed by atoms with van der Waals surface area (Å²) in [4.78, 5) is 1.18. The highest BCUT2D eigenvalue weighted by atomic mass is 32.1. The molecule has 2 atom stereocenters. The summed E-state index contributed by atoms with van der Waals surface area (Å²) in [5, 5.41) is 12.4. The molecular formula is C16H21NOS. The maximum Gasteiger partial charge on any atom is 0.0632 e. The fourth-order valence-corrected chi connectivity index (χ4v) is 3.14. The molecule has 0 aliphatic carbocycles. The third-order valence-electron chi connectivity index (χ3n) is 3.48. The van der Waals surface area contributed by atoms with E-state index in [1.54, 1.807) is 11.3 Å². The monoisotopic (exact) mass is 275 g/mol. The highest BCUT2D eigenvalue weighted by Crippen LogP contribution is 2.25. The highest BCUT2D eigenvalue weighted by molar-refractivity contribution is 7.10. The molecule has 2 aromatic rings. The van der Waals surface area contributed by atoms with E-state index in [4.69, 9.17) is 5.73 Å². The van der Waals surface area contributed by atoms with E-state index in [2.05, 4.69) is 37.3 Å². The molecule has 3 N–H and O–H groups in total. The van der Waals surface area contributed by atoms with Crippen molar-refractivity contribution in [3.63, 3.8) is 0 Å². The molecule has 0 fully saturated rings. The predicted octanol–water partition coefficient (Wildman–Crippen LogP) is 3.09. The minimum Gasteiger partial charge on any atom is -0.392 e. The molecule has 2 nitrogen and oxygen atoms in total. The van der Waals surface area contributed by atoms with E-state index >= 15 is 0 Å². The summed E-state index contributed by atoms with van der Waals surface area (Å²) in [7, 11) is 0. The van der Waals surface area contributed by atoms with E-state index in [0.29, 0.717) is 6.54 Å². The maximum absolute atomic E-state index is 10.3. The summed E-state index contributed by atoms with van der Waals surface area (Å²) >= 11 is 1.67. The number of thiophene rings is 1. The number of benzene rings is 1. The van der Waals surface area contributed by atoms with E-state index in [1.165, 1.54) is 16.0 Å². The van der Waals surface area contributed by atoms with Crippen LogP contribution in [0.5, 0.6) is 0 Å². The molecule has 1 aromatic carbocycles. The molecule has 3 heteroatoms. The predicted molar refractivity (Wildman–Crippen MR) is 81.6 cm³/mol. The fraction of sp³-hybridized carbons (Fsp3) is 0.375. The van der Waals surface area contributed by atoms with E-state index < -0.39 is 0 Å². The molecular weight excluding hydrogens is 254 g/mol. The molecule has 0 amide bonds. The Bertz CT molecular complexity index is 478. The first-order chi connectivity index (χ1) is 9.20. The number of hydrogen-bond acceptors (Lipinski definition) is 3. The van der Waals surface area contributed by atoms with Gasteiger partial charge in [0.2, 0.25) is 0 Å². The van der Waals surface area contributed by atoms with E-state index in [9.17, 15) is 5.11 Å². The molecule has 2 unspecified atom stereocenters. The summed E-state index contributed by atoms with van der Waals surface area (Å²) in [6.07, 6.45) is 1.27. The van der Waals surface area contributed by atoms with Crippen LogP contribution in [0.1, 0.15) is 28.3 Å². The van der Waals surface area contributed by atoms with Gasteiger partial charge in [-0.2, -0.15) is 0 Å². The Balaban J connectivity index is 1.93. The Hall–Kier alpha value is -1.16. The molecule has 0 bridgehead atoms. The van der Waals surface area contributed by atoms with Crippen LogP contribution in [0.15, 0.2) is 41.8 Å². The molecule has 0 saturated heterocycles. The first-order valence-corrected chi connectivity index (χ1v) is 7.55. The smallest absolute Gasteiger partial charge is 0.0632 e. The van der Waals surface area contributed by atoms with Crippen molar-refractivity contribution in [3.8, 4) is 0 Å². The standard InChI is InChI=1S/C16H21NOS/c1-12-4-6-13(7-5-12)8-9-15(18)14(11-17)16-3-2-10-19-16/h2-7,10,14-15,18H,8-9,11,17H2,1H3. The summed E-state index contributed by atoms with van der Waals surface area (Å²) in [6.45, 7) is 2.58.